The molecule has 3 atom stereocenters. The molecule has 2 saturated carbocycles. The van der Waals surface area contributed by atoms with Gasteiger partial charge < -0.3 is 4.74 Å². The number of hydrogen-bond donors (Lipinski definition) is 0. The fraction of sp³-hybridized carbons (Fsp3) is 1.00. The van der Waals surface area contributed by atoms with Crippen molar-refractivity contribution in [3.63, 3.8) is 0 Å². The summed E-state index contributed by atoms with van der Waals surface area (Å²) in [5.41, 5.74) is 0.639. The van der Waals surface area contributed by atoms with Crippen molar-refractivity contribution < 1.29 is 4.74 Å². The second-order valence-corrected chi connectivity index (χ2v) is 5.94. The van der Waals surface area contributed by atoms with Crippen LogP contribution in [0.15, 0.2) is 0 Å². The molecule has 0 heterocycles. The summed E-state index contributed by atoms with van der Waals surface area (Å²) in [7, 11) is 0. The maximum absolute atomic E-state index is 5.45. The van der Waals surface area contributed by atoms with Crippen molar-refractivity contribution in [1.82, 2.24) is 0 Å². The Morgan fingerprint density at radius 2 is 2.27 bits per heavy atom. The third-order valence-electron chi connectivity index (χ3n) is 4.54. The number of rotatable bonds is 6. The van der Waals surface area contributed by atoms with Gasteiger partial charge >= 0.3 is 0 Å². The molecule has 0 aromatic carbocycles. The molecule has 2 fully saturated rings. The minimum Gasteiger partial charge on any atom is -0.382 e. The molecule has 0 aliphatic heterocycles. The zero-order valence-electron chi connectivity index (χ0n) is 9.80. The molecule has 2 aliphatic rings. The van der Waals surface area contributed by atoms with Gasteiger partial charge in [0.2, 0.25) is 0 Å². The van der Waals surface area contributed by atoms with Crippen LogP contribution in [0.5, 0.6) is 0 Å². The van der Waals surface area contributed by atoms with Crippen LogP contribution >= 0.6 is 15.9 Å². The molecule has 0 amide bonds. The minimum absolute atomic E-state index is 0.639. The summed E-state index contributed by atoms with van der Waals surface area (Å²) < 4.78 is 5.45. The summed E-state index contributed by atoms with van der Waals surface area (Å²) in [6.45, 7) is 3.91. The molecular formula is C13H23BrO. The van der Waals surface area contributed by atoms with E-state index in [1.807, 2.05) is 0 Å². The van der Waals surface area contributed by atoms with Gasteiger partial charge in [-0.15, -0.1) is 0 Å². The maximum atomic E-state index is 5.45. The molecule has 0 spiro atoms. The van der Waals surface area contributed by atoms with Crippen LogP contribution in [0.25, 0.3) is 0 Å². The molecule has 2 heteroatoms. The largest absolute Gasteiger partial charge is 0.382 e. The van der Waals surface area contributed by atoms with Crippen molar-refractivity contribution in [2.24, 2.45) is 17.3 Å². The van der Waals surface area contributed by atoms with Crippen molar-refractivity contribution in [2.45, 2.75) is 45.4 Å². The Morgan fingerprint density at radius 3 is 2.80 bits per heavy atom. The van der Waals surface area contributed by atoms with Crippen LogP contribution in [0.2, 0.25) is 0 Å². The summed E-state index contributed by atoms with van der Waals surface area (Å²) in [6.07, 6.45) is 8.62. The van der Waals surface area contributed by atoms with Crippen molar-refractivity contribution in [3.8, 4) is 0 Å². The highest BCUT2D eigenvalue weighted by molar-refractivity contribution is 9.09. The van der Waals surface area contributed by atoms with Crippen molar-refractivity contribution in [1.29, 1.82) is 0 Å². The topological polar surface area (TPSA) is 9.23 Å². The van der Waals surface area contributed by atoms with Crippen LogP contribution in [0.1, 0.15) is 45.4 Å². The van der Waals surface area contributed by atoms with Gasteiger partial charge in [0, 0.05) is 18.5 Å². The summed E-state index contributed by atoms with van der Waals surface area (Å²) in [6, 6.07) is 0. The van der Waals surface area contributed by atoms with Gasteiger partial charge in [0.25, 0.3) is 0 Å². The van der Waals surface area contributed by atoms with Gasteiger partial charge in [0.15, 0.2) is 0 Å². The van der Waals surface area contributed by atoms with Gasteiger partial charge in [-0.2, -0.15) is 0 Å². The van der Waals surface area contributed by atoms with Crippen LogP contribution in [0.4, 0.5) is 0 Å². The second-order valence-electron chi connectivity index (χ2n) is 5.38. The lowest BCUT2D eigenvalue weighted by Crippen LogP contribution is -2.29. The maximum Gasteiger partial charge on any atom is 0.0466 e. The lowest BCUT2D eigenvalue weighted by molar-refractivity contribution is 0.113. The lowest BCUT2D eigenvalue weighted by atomic mass is 9.72. The Labute approximate surface area is 102 Å². The molecule has 0 aromatic rings. The Bertz CT molecular complexity index is 207. The van der Waals surface area contributed by atoms with Crippen LogP contribution in [-0.2, 0) is 4.74 Å². The smallest absolute Gasteiger partial charge is 0.0466 e. The molecule has 3 unspecified atom stereocenters. The molecule has 0 saturated heterocycles. The molecule has 2 rings (SSSR count). The van der Waals surface area contributed by atoms with Crippen molar-refractivity contribution in [2.75, 3.05) is 18.5 Å². The van der Waals surface area contributed by atoms with Crippen LogP contribution in [0, 0.1) is 17.3 Å². The van der Waals surface area contributed by atoms with Gasteiger partial charge in [0.05, 0.1) is 0 Å². The van der Waals surface area contributed by atoms with Crippen LogP contribution in [0.3, 0.4) is 0 Å². The average molecular weight is 275 g/mol. The van der Waals surface area contributed by atoms with E-state index in [0.29, 0.717) is 5.41 Å². The first-order valence-corrected chi connectivity index (χ1v) is 7.56. The number of halogens is 1. The highest BCUT2D eigenvalue weighted by Gasteiger charge is 2.49. The number of ether oxygens (including phenoxy) is 1. The van der Waals surface area contributed by atoms with E-state index in [2.05, 4.69) is 22.9 Å². The highest BCUT2D eigenvalue weighted by atomic mass is 79.9. The number of alkyl halides is 1. The number of fused-ring (bicyclic) bond motifs is 2. The first-order chi connectivity index (χ1) is 7.30. The highest BCUT2D eigenvalue weighted by Crippen LogP contribution is 2.58. The van der Waals surface area contributed by atoms with Crippen LogP contribution < -0.4 is 0 Å². The predicted molar refractivity (Wildman–Crippen MR) is 67.4 cm³/mol. The molecule has 2 aliphatic carbocycles. The summed E-state index contributed by atoms with van der Waals surface area (Å²) in [5, 5.41) is 1.22. The summed E-state index contributed by atoms with van der Waals surface area (Å²) in [5.74, 6) is 2.07. The summed E-state index contributed by atoms with van der Waals surface area (Å²) >= 11 is 3.76. The molecule has 88 valence electrons. The van der Waals surface area contributed by atoms with E-state index >= 15 is 0 Å². The van der Waals surface area contributed by atoms with E-state index in [4.69, 9.17) is 4.74 Å². The number of hydrogen-bond acceptors (Lipinski definition) is 1. The molecule has 0 radical (unpaired) electrons. The Hall–Kier alpha value is 0.440. The third kappa shape index (κ3) is 2.41. The lowest BCUT2D eigenvalue weighted by Gasteiger charge is -2.36. The zero-order valence-corrected chi connectivity index (χ0v) is 11.4. The van der Waals surface area contributed by atoms with E-state index in [1.165, 1.54) is 43.9 Å². The monoisotopic (exact) mass is 274 g/mol. The molecule has 1 nitrogen and oxygen atoms in total. The van der Waals surface area contributed by atoms with Crippen molar-refractivity contribution in [3.05, 3.63) is 0 Å². The van der Waals surface area contributed by atoms with Gasteiger partial charge in [-0.1, -0.05) is 22.4 Å². The van der Waals surface area contributed by atoms with E-state index in [0.717, 1.165) is 25.0 Å². The predicted octanol–water partition coefficient (Wildman–Crippen LogP) is 4.00. The SMILES string of the molecule is CCOCCCC1(CBr)CC2CCC1C2. The Morgan fingerprint density at radius 1 is 1.40 bits per heavy atom. The summed E-state index contributed by atoms with van der Waals surface area (Å²) in [4.78, 5) is 0. The van der Waals surface area contributed by atoms with E-state index in [-0.39, 0.29) is 0 Å². The van der Waals surface area contributed by atoms with Crippen molar-refractivity contribution >= 4 is 15.9 Å². The van der Waals surface area contributed by atoms with Gasteiger partial charge in [-0.25, -0.2) is 0 Å². The van der Waals surface area contributed by atoms with Crippen LogP contribution in [-0.4, -0.2) is 18.5 Å². The Balaban J connectivity index is 1.81. The minimum atomic E-state index is 0.639. The van der Waals surface area contributed by atoms with E-state index < -0.39 is 0 Å². The van der Waals surface area contributed by atoms with E-state index in [1.54, 1.807) is 0 Å². The molecular weight excluding hydrogens is 252 g/mol. The molecule has 0 aromatic heterocycles. The average Bonchev–Trinajstić information content (AvgIpc) is 2.85. The first-order valence-electron chi connectivity index (χ1n) is 6.44. The second kappa shape index (κ2) is 5.18. The van der Waals surface area contributed by atoms with E-state index in [9.17, 15) is 0 Å². The molecule has 15 heavy (non-hydrogen) atoms. The van der Waals surface area contributed by atoms with Gasteiger partial charge in [-0.05, 0) is 56.3 Å². The zero-order chi connectivity index (χ0) is 10.7. The fourth-order valence-electron chi connectivity index (χ4n) is 3.77. The normalized spacial score (nSPS) is 38.8. The Kier molecular flexibility index (Phi) is 4.11. The first kappa shape index (κ1) is 11.9. The molecule has 2 bridgehead atoms. The van der Waals surface area contributed by atoms with Gasteiger partial charge in [-0.3, -0.25) is 0 Å². The van der Waals surface area contributed by atoms with Gasteiger partial charge in [0.1, 0.15) is 0 Å². The fourth-order valence-corrected chi connectivity index (χ4v) is 4.73. The molecule has 0 N–H and O–H groups in total. The third-order valence-corrected chi connectivity index (χ3v) is 5.65. The standard InChI is InChI=1S/C13H23BrO/c1-2-15-7-3-6-13(10-14)9-11-4-5-12(13)8-11/h11-12H,2-10H2,1H3. The quantitative estimate of drug-likeness (QED) is 0.526.